The predicted octanol–water partition coefficient (Wildman–Crippen LogP) is 3.45. The molecule has 0 unspecified atom stereocenters. The van der Waals surface area contributed by atoms with Crippen LogP contribution < -0.4 is 0 Å². The molecule has 0 amide bonds. The fourth-order valence-corrected chi connectivity index (χ4v) is 2.07. The number of thiophene rings is 1. The molecule has 3 nitrogen and oxygen atoms in total. The first-order valence-corrected chi connectivity index (χ1v) is 5.27. The van der Waals surface area contributed by atoms with Crippen LogP contribution in [0.3, 0.4) is 0 Å². The molecule has 2 aromatic heterocycles. The van der Waals surface area contributed by atoms with Gasteiger partial charge >= 0.3 is 0 Å². The second kappa shape index (κ2) is 4.30. The normalized spacial score (nSPS) is 11.3. The Bertz CT molecular complexity index is 522. The fraction of sp³-hybridized carbons (Fsp3) is 0. The number of hydrogen-bond acceptors (Lipinski definition) is 4. The predicted molar refractivity (Wildman–Crippen MR) is 59.3 cm³/mol. The van der Waals surface area contributed by atoms with Gasteiger partial charge < -0.3 is 4.52 Å². The molecule has 5 heteroatoms. The molecule has 0 radical (unpaired) electrons. The van der Waals surface area contributed by atoms with Crippen molar-refractivity contribution < 1.29 is 4.52 Å². The van der Waals surface area contributed by atoms with Crippen molar-refractivity contribution in [1.82, 2.24) is 5.16 Å². The maximum absolute atomic E-state index is 8.93. The van der Waals surface area contributed by atoms with E-state index in [0.29, 0.717) is 15.7 Å². The lowest BCUT2D eigenvalue weighted by Gasteiger charge is -1.89. The first-order valence-electron chi connectivity index (χ1n) is 4.08. The van der Waals surface area contributed by atoms with Crippen LogP contribution in [0.4, 0.5) is 0 Å². The van der Waals surface area contributed by atoms with Crippen molar-refractivity contribution in [3.05, 3.63) is 39.4 Å². The maximum atomic E-state index is 8.93. The van der Waals surface area contributed by atoms with E-state index in [1.165, 1.54) is 17.5 Å². The minimum atomic E-state index is 0.436. The summed E-state index contributed by atoms with van der Waals surface area (Å²) in [6.07, 6.45) is 3.22. The van der Waals surface area contributed by atoms with E-state index in [1.807, 2.05) is 6.07 Å². The van der Waals surface area contributed by atoms with Crippen molar-refractivity contribution in [2.45, 2.75) is 0 Å². The number of rotatable bonds is 2. The molecule has 0 aliphatic carbocycles. The molecule has 0 aliphatic rings. The summed E-state index contributed by atoms with van der Waals surface area (Å²) in [5.41, 5.74) is 0.436. The molecule has 0 aliphatic heterocycles. The molecule has 0 saturated carbocycles. The molecular formula is C10H5ClN2OS. The van der Waals surface area contributed by atoms with Crippen LogP contribution in [0, 0.1) is 11.3 Å². The standard InChI is InChI=1S/C10H5ClN2OS/c11-10-2-1-8(15-10)5-7(6-12)9-3-4-13-14-9/h1-5H/b7-5+. The third-order valence-corrected chi connectivity index (χ3v) is 2.88. The van der Waals surface area contributed by atoms with Crippen LogP contribution >= 0.6 is 22.9 Å². The Kier molecular flexibility index (Phi) is 2.86. The van der Waals surface area contributed by atoms with Crippen LogP contribution in [0.5, 0.6) is 0 Å². The van der Waals surface area contributed by atoms with E-state index in [-0.39, 0.29) is 0 Å². The molecule has 0 bridgehead atoms. The summed E-state index contributed by atoms with van der Waals surface area (Å²) in [4.78, 5) is 0.910. The van der Waals surface area contributed by atoms with E-state index in [4.69, 9.17) is 21.4 Å². The second-order valence-electron chi connectivity index (χ2n) is 2.69. The average molecular weight is 237 g/mol. The van der Waals surface area contributed by atoms with Crippen LogP contribution in [-0.4, -0.2) is 5.16 Å². The van der Waals surface area contributed by atoms with E-state index in [0.717, 1.165) is 4.88 Å². The first-order chi connectivity index (χ1) is 7.29. The van der Waals surface area contributed by atoms with E-state index in [1.54, 1.807) is 18.2 Å². The number of hydrogen-bond donors (Lipinski definition) is 0. The Morgan fingerprint density at radius 3 is 2.93 bits per heavy atom. The smallest absolute Gasteiger partial charge is 0.177 e. The summed E-state index contributed by atoms with van der Waals surface area (Å²) in [5.74, 6) is 0.460. The van der Waals surface area contributed by atoms with Crippen molar-refractivity contribution in [2.24, 2.45) is 0 Å². The summed E-state index contributed by atoms with van der Waals surface area (Å²) in [6, 6.07) is 7.33. The van der Waals surface area contributed by atoms with Gasteiger partial charge in [-0.05, 0) is 18.2 Å². The van der Waals surface area contributed by atoms with Gasteiger partial charge in [0, 0.05) is 10.9 Å². The maximum Gasteiger partial charge on any atom is 0.177 e. The highest BCUT2D eigenvalue weighted by Crippen LogP contribution is 2.25. The molecule has 2 rings (SSSR count). The topological polar surface area (TPSA) is 49.8 Å². The Balaban J connectivity index is 2.36. The number of allylic oxidation sites excluding steroid dienone is 1. The highest BCUT2D eigenvalue weighted by atomic mass is 35.5. The summed E-state index contributed by atoms with van der Waals surface area (Å²) in [7, 11) is 0. The minimum absolute atomic E-state index is 0.436. The Morgan fingerprint density at radius 2 is 2.40 bits per heavy atom. The van der Waals surface area contributed by atoms with Crippen LogP contribution in [0.15, 0.2) is 28.9 Å². The third-order valence-electron chi connectivity index (χ3n) is 1.70. The molecule has 2 aromatic rings. The van der Waals surface area contributed by atoms with Crippen LogP contribution in [0.1, 0.15) is 10.6 Å². The molecular weight excluding hydrogens is 232 g/mol. The summed E-state index contributed by atoms with van der Waals surface area (Å²) in [5, 5.41) is 12.5. The van der Waals surface area contributed by atoms with Crippen molar-refractivity contribution in [1.29, 1.82) is 5.26 Å². The highest BCUT2D eigenvalue weighted by Gasteiger charge is 2.05. The van der Waals surface area contributed by atoms with Gasteiger partial charge in [0.05, 0.1) is 16.1 Å². The number of nitrogens with zero attached hydrogens (tertiary/aromatic N) is 2. The molecule has 0 spiro atoms. The van der Waals surface area contributed by atoms with Crippen LogP contribution in [0.25, 0.3) is 11.6 Å². The fourth-order valence-electron chi connectivity index (χ4n) is 1.06. The van der Waals surface area contributed by atoms with Crippen LogP contribution in [0.2, 0.25) is 4.34 Å². The lowest BCUT2D eigenvalue weighted by molar-refractivity contribution is 0.411. The van der Waals surface area contributed by atoms with Gasteiger partial charge in [-0.2, -0.15) is 5.26 Å². The van der Waals surface area contributed by atoms with Gasteiger partial charge in [-0.15, -0.1) is 11.3 Å². The van der Waals surface area contributed by atoms with Gasteiger partial charge in [0.25, 0.3) is 0 Å². The summed E-state index contributed by atoms with van der Waals surface area (Å²) >= 11 is 7.19. The van der Waals surface area contributed by atoms with E-state index >= 15 is 0 Å². The molecule has 15 heavy (non-hydrogen) atoms. The summed E-state index contributed by atoms with van der Waals surface area (Å²) < 4.78 is 5.59. The lowest BCUT2D eigenvalue weighted by atomic mass is 10.2. The zero-order valence-electron chi connectivity index (χ0n) is 7.48. The molecule has 0 saturated heterocycles. The SMILES string of the molecule is N#C/C(=C\c1ccc(Cl)s1)c1ccno1. The number of halogens is 1. The molecule has 2 heterocycles. The van der Waals surface area contributed by atoms with Crippen molar-refractivity contribution in [3.63, 3.8) is 0 Å². The van der Waals surface area contributed by atoms with E-state index < -0.39 is 0 Å². The van der Waals surface area contributed by atoms with Gasteiger partial charge in [0.2, 0.25) is 0 Å². The van der Waals surface area contributed by atoms with E-state index in [2.05, 4.69) is 11.2 Å². The molecule has 0 N–H and O–H groups in total. The first kappa shape index (κ1) is 9.97. The van der Waals surface area contributed by atoms with Gasteiger partial charge in [-0.3, -0.25) is 0 Å². The Morgan fingerprint density at radius 1 is 1.53 bits per heavy atom. The minimum Gasteiger partial charge on any atom is -0.356 e. The Hall–Kier alpha value is -1.57. The van der Waals surface area contributed by atoms with Gasteiger partial charge in [0.1, 0.15) is 6.07 Å². The zero-order chi connectivity index (χ0) is 10.7. The number of aromatic nitrogens is 1. The van der Waals surface area contributed by atoms with Crippen molar-refractivity contribution in [3.8, 4) is 6.07 Å². The monoisotopic (exact) mass is 236 g/mol. The van der Waals surface area contributed by atoms with Gasteiger partial charge in [0.15, 0.2) is 5.76 Å². The second-order valence-corrected chi connectivity index (χ2v) is 4.44. The van der Waals surface area contributed by atoms with Crippen LogP contribution in [-0.2, 0) is 0 Å². The third kappa shape index (κ3) is 2.27. The Labute approximate surface area is 95.2 Å². The van der Waals surface area contributed by atoms with E-state index in [9.17, 15) is 0 Å². The quantitative estimate of drug-likeness (QED) is 0.751. The average Bonchev–Trinajstić information content (AvgIpc) is 2.85. The lowest BCUT2D eigenvalue weighted by Crippen LogP contribution is -1.75. The zero-order valence-corrected chi connectivity index (χ0v) is 9.05. The molecule has 0 aromatic carbocycles. The van der Waals surface area contributed by atoms with Crippen molar-refractivity contribution in [2.75, 3.05) is 0 Å². The number of nitriles is 1. The summed E-state index contributed by atoms with van der Waals surface area (Å²) in [6.45, 7) is 0. The largest absolute Gasteiger partial charge is 0.356 e. The van der Waals surface area contributed by atoms with Gasteiger partial charge in [-0.1, -0.05) is 16.8 Å². The molecule has 74 valence electrons. The van der Waals surface area contributed by atoms with Gasteiger partial charge in [-0.25, -0.2) is 0 Å². The highest BCUT2D eigenvalue weighted by molar-refractivity contribution is 7.17. The van der Waals surface area contributed by atoms with Crippen molar-refractivity contribution >= 4 is 34.6 Å². The molecule has 0 atom stereocenters. The molecule has 0 fully saturated rings.